The maximum Gasteiger partial charge on any atom is 0.322 e. The molecule has 0 bridgehead atoms. The molecule has 0 unspecified atom stereocenters. The van der Waals surface area contributed by atoms with Gasteiger partial charge in [0.15, 0.2) is 5.82 Å². The number of halogens is 4. The second-order valence-electron chi connectivity index (χ2n) is 6.54. The van der Waals surface area contributed by atoms with Crippen molar-refractivity contribution >= 4 is 34.9 Å². The molecule has 29 heavy (non-hydrogen) atoms. The van der Waals surface area contributed by atoms with Gasteiger partial charge in [-0.15, -0.1) is 10.2 Å². The normalized spacial score (nSPS) is 13.3. The molecule has 0 saturated heterocycles. The summed E-state index contributed by atoms with van der Waals surface area (Å²) in [6.07, 6.45) is -0.0158. The van der Waals surface area contributed by atoms with Gasteiger partial charge >= 0.3 is 6.03 Å². The lowest BCUT2D eigenvalue weighted by Crippen LogP contribution is -2.41. The third kappa shape index (κ3) is 4.04. The molecule has 1 N–H and O–H groups in total. The molecule has 2 heterocycles. The summed E-state index contributed by atoms with van der Waals surface area (Å²) in [5.74, 6) is -0.261. The van der Waals surface area contributed by atoms with E-state index in [1.807, 2.05) is 0 Å². The molecule has 1 aromatic heterocycles. The molecule has 0 atom stereocenters. The van der Waals surface area contributed by atoms with Crippen LogP contribution >= 0.6 is 23.2 Å². The minimum Gasteiger partial charge on any atom is -0.315 e. The second-order valence-corrected chi connectivity index (χ2v) is 7.38. The van der Waals surface area contributed by atoms with E-state index in [1.165, 1.54) is 18.2 Å². The Bertz CT molecular complexity index is 1070. The van der Waals surface area contributed by atoms with Gasteiger partial charge in [-0.3, -0.25) is 0 Å². The SMILES string of the molecule is O=C(Nc1ccc(Cl)cc1Cl)N1CCn2c(Cc3c(F)cccc3F)nnc2C1. The van der Waals surface area contributed by atoms with Crippen LogP contribution in [-0.2, 0) is 19.5 Å². The second kappa shape index (κ2) is 7.96. The van der Waals surface area contributed by atoms with E-state index in [-0.39, 0.29) is 24.6 Å². The molecule has 1 aliphatic heterocycles. The lowest BCUT2D eigenvalue weighted by Gasteiger charge is -2.28. The van der Waals surface area contributed by atoms with E-state index in [0.29, 0.717) is 40.5 Å². The number of carbonyl (C=O) groups excluding carboxylic acids is 1. The van der Waals surface area contributed by atoms with Crippen molar-refractivity contribution in [2.75, 3.05) is 11.9 Å². The molecule has 0 saturated carbocycles. The monoisotopic (exact) mass is 437 g/mol. The zero-order chi connectivity index (χ0) is 20.5. The first-order chi connectivity index (χ1) is 13.9. The van der Waals surface area contributed by atoms with Crippen LogP contribution in [0.15, 0.2) is 36.4 Å². The molecule has 2 amide bonds. The summed E-state index contributed by atoms with van der Waals surface area (Å²) in [4.78, 5) is 14.1. The first kappa shape index (κ1) is 19.6. The van der Waals surface area contributed by atoms with Gasteiger partial charge in [0, 0.05) is 30.1 Å². The fourth-order valence-electron chi connectivity index (χ4n) is 3.17. The Morgan fingerprint density at radius 2 is 1.86 bits per heavy atom. The number of nitrogens with zero attached hydrogens (tertiary/aromatic N) is 4. The van der Waals surface area contributed by atoms with Gasteiger partial charge in [-0.05, 0) is 30.3 Å². The van der Waals surface area contributed by atoms with E-state index in [4.69, 9.17) is 23.2 Å². The molecule has 0 spiro atoms. The highest BCUT2D eigenvalue weighted by Gasteiger charge is 2.25. The smallest absolute Gasteiger partial charge is 0.315 e. The predicted molar refractivity (Wildman–Crippen MR) is 105 cm³/mol. The van der Waals surface area contributed by atoms with Crippen molar-refractivity contribution in [3.63, 3.8) is 0 Å². The molecule has 150 valence electrons. The Balaban J connectivity index is 1.48. The number of urea groups is 1. The molecule has 1 aliphatic rings. The van der Waals surface area contributed by atoms with Crippen LogP contribution in [-0.4, -0.2) is 32.2 Å². The number of carbonyl (C=O) groups is 1. The van der Waals surface area contributed by atoms with E-state index in [0.717, 1.165) is 0 Å². The highest BCUT2D eigenvalue weighted by Crippen LogP contribution is 2.26. The van der Waals surface area contributed by atoms with Crippen molar-refractivity contribution in [2.45, 2.75) is 19.5 Å². The first-order valence-corrected chi connectivity index (χ1v) is 9.53. The Morgan fingerprint density at radius 1 is 1.10 bits per heavy atom. The van der Waals surface area contributed by atoms with E-state index in [1.54, 1.807) is 27.7 Å². The molecular formula is C19H15Cl2F2N5O. The number of nitrogens with one attached hydrogen (secondary N) is 1. The van der Waals surface area contributed by atoms with Crippen LogP contribution in [0.3, 0.4) is 0 Å². The summed E-state index contributed by atoms with van der Waals surface area (Å²) in [5, 5.41) is 11.7. The fourth-order valence-corrected chi connectivity index (χ4v) is 3.62. The van der Waals surface area contributed by atoms with Crippen LogP contribution < -0.4 is 5.32 Å². The lowest BCUT2D eigenvalue weighted by molar-refractivity contribution is 0.195. The zero-order valence-electron chi connectivity index (χ0n) is 15.0. The third-order valence-electron chi connectivity index (χ3n) is 4.69. The summed E-state index contributed by atoms with van der Waals surface area (Å²) in [5.41, 5.74) is 0.393. The van der Waals surface area contributed by atoms with Crippen LogP contribution in [0.25, 0.3) is 0 Å². The molecule has 2 aromatic carbocycles. The Morgan fingerprint density at radius 3 is 2.59 bits per heavy atom. The number of rotatable bonds is 3. The number of hydrogen-bond acceptors (Lipinski definition) is 3. The van der Waals surface area contributed by atoms with Gasteiger partial charge in [0.2, 0.25) is 0 Å². The minimum absolute atomic E-state index is 0.0158. The topological polar surface area (TPSA) is 63.1 Å². The fraction of sp³-hybridized carbons (Fsp3) is 0.211. The number of amides is 2. The zero-order valence-corrected chi connectivity index (χ0v) is 16.5. The number of benzene rings is 2. The van der Waals surface area contributed by atoms with Gasteiger partial charge < -0.3 is 14.8 Å². The van der Waals surface area contributed by atoms with Crippen LogP contribution in [0.4, 0.5) is 19.3 Å². The maximum atomic E-state index is 13.9. The van der Waals surface area contributed by atoms with Crippen LogP contribution in [0, 0.1) is 11.6 Å². The Hall–Kier alpha value is -2.71. The Kier molecular flexibility index (Phi) is 5.38. The van der Waals surface area contributed by atoms with Crippen molar-refractivity contribution in [3.05, 3.63) is 75.3 Å². The standard InChI is InChI=1S/C19H15Cl2F2N5O/c20-11-4-5-16(13(21)8-11)24-19(29)27-6-7-28-17(25-26-18(28)10-27)9-12-14(22)2-1-3-15(12)23/h1-5,8H,6-7,9-10H2,(H,24,29). The van der Waals surface area contributed by atoms with Crippen LogP contribution in [0.2, 0.25) is 10.0 Å². The molecule has 6 nitrogen and oxygen atoms in total. The van der Waals surface area contributed by atoms with Gasteiger partial charge in [0.1, 0.15) is 17.5 Å². The van der Waals surface area contributed by atoms with Crippen molar-refractivity contribution < 1.29 is 13.6 Å². The Labute approximate surface area is 175 Å². The highest BCUT2D eigenvalue weighted by atomic mass is 35.5. The first-order valence-electron chi connectivity index (χ1n) is 8.77. The molecule has 3 aromatic rings. The third-order valence-corrected chi connectivity index (χ3v) is 5.23. The van der Waals surface area contributed by atoms with Crippen molar-refractivity contribution in [1.82, 2.24) is 19.7 Å². The number of aromatic nitrogens is 3. The lowest BCUT2D eigenvalue weighted by atomic mass is 10.1. The molecule has 0 fully saturated rings. The van der Waals surface area contributed by atoms with E-state index >= 15 is 0 Å². The quantitative estimate of drug-likeness (QED) is 0.655. The predicted octanol–water partition coefficient (Wildman–Crippen LogP) is 4.50. The average Bonchev–Trinajstić information content (AvgIpc) is 3.09. The molecule has 10 heteroatoms. The average molecular weight is 438 g/mol. The number of anilines is 1. The molecule has 0 aliphatic carbocycles. The van der Waals surface area contributed by atoms with Gasteiger partial charge in [-0.2, -0.15) is 0 Å². The van der Waals surface area contributed by atoms with Gasteiger partial charge in [0.25, 0.3) is 0 Å². The molecule has 0 radical (unpaired) electrons. The maximum absolute atomic E-state index is 13.9. The number of hydrogen-bond donors (Lipinski definition) is 1. The molecule has 4 rings (SSSR count). The highest BCUT2D eigenvalue weighted by molar-refractivity contribution is 6.36. The van der Waals surface area contributed by atoms with E-state index in [2.05, 4.69) is 15.5 Å². The van der Waals surface area contributed by atoms with Gasteiger partial charge in [-0.25, -0.2) is 13.6 Å². The molecular weight excluding hydrogens is 423 g/mol. The number of fused-ring (bicyclic) bond motifs is 1. The van der Waals surface area contributed by atoms with E-state index < -0.39 is 11.6 Å². The van der Waals surface area contributed by atoms with Crippen molar-refractivity contribution in [1.29, 1.82) is 0 Å². The summed E-state index contributed by atoms with van der Waals surface area (Å²) in [7, 11) is 0. The van der Waals surface area contributed by atoms with Gasteiger partial charge in [0.05, 0.1) is 17.3 Å². The van der Waals surface area contributed by atoms with Gasteiger partial charge in [-0.1, -0.05) is 29.3 Å². The summed E-state index contributed by atoms with van der Waals surface area (Å²) < 4.78 is 29.6. The largest absolute Gasteiger partial charge is 0.322 e. The van der Waals surface area contributed by atoms with Crippen LogP contribution in [0.5, 0.6) is 0 Å². The van der Waals surface area contributed by atoms with Crippen molar-refractivity contribution in [3.8, 4) is 0 Å². The minimum atomic E-state index is -0.626. The van der Waals surface area contributed by atoms with Crippen molar-refractivity contribution in [2.24, 2.45) is 0 Å². The van der Waals surface area contributed by atoms with E-state index in [9.17, 15) is 13.6 Å². The summed E-state index contributed by atoms with van der Waals surface area (Å²) in [6.45, 7) is 1.01. The summed E-state index contributed by atoms with van der Waals surface area (Å²) >= 11 is 12.0. The summed E-state index contributed by atoms with van der Waals surface area (Å²) in [6, 6.07) is 8.18. The van der Waals surface area contributed by atoms with Crippen LogP contribution in [0.1, 0.15) is 17.2 Å².